The summed E-state index contributed by atoms with van der Waals surface area (Å²) in [5, 5.41) is 4.71. The molecule has 6 nitrogen and oxygen atoms in total. The minimum absolute atomic E-state index is 0.0463. The van der Waals surface area contributed by atoms with Gasteiger partial charge in [-0.2, -0.15) is 5.10 Å². The smallest absolute Gasteiger partial charge is 0.410 e. The summed E-state index contributed by atoms with van der Waals surface area (Å²) in [4.78, 5) is 19.0. The molecule has 1 atom stereocenters. The van der Waals surface area contributed by atoms with Crippen LogP contribution in [0.4, 0.5) is 4.79 Å². The van der Waals surface area contributed by atoms with Gasteiger partial charge in [-0.25, -0.2) is 14.3 Å². The van der Waals surface area contributed by atoms with Gasteiger partial charge in [0.05, 0.1) is 11.7 Å². The van der Waals surface area contributed by atoms with Crippen LogP contribution in [0.25, 0.3) is 5.65 Å². The molecule has 2 aromatic rings. The third-order valence-electron chi connectivity index (χ3n) is 4.22. The molecule has 0 N–H and O–H groups in total. The van der Waals surface area contributed by atoms with Crippen molar-refractivity contribution in [3.05, 3.63) is 29.2 Å². The number of piperidine rings is 1. The van der Waals surface area contributed by atoms with Gasteiger partial charge in [0.2, 0.25) is 0 Å². The van der Waals surface area contributed by atoms with E-state index in [2.05, 4.69) is 4.98 Å². The van der Waals surface area contributed by atoms with Crippen molar-refractivity contribution in [3.63, 3.8) is 0 Å². The van der Waals surface area contributed by atoms with E-state index in [1.54, 1.807) is 0 Å². The molecule has 24 heavy (non-hydrogen) atoms. The van der Waals surface area contributed by atoms with Crippen molar-refractivity contribution in [2.75, 3.05) is 6.54 Å². The molecule has 2 aromatic heterocycles. The fraction of sp³-hybridized carbons (Fsp3) is 0.611. The minimum Gasteiger partial charge on any atom is -0.444 e. The number of fused-ring (bicyclic) bond motifs is 1. The first-order chi connectivity index (χ1) is 11.2. The van der Waals surface area contributed by atoms with Gasteiger partial charge in [0, 0.05) is 24.0 Å². The van der Waals surface area contributed by atoms with E-state index in [0.717, 1.165) is 42.0 Å². The predicted octanol–water partition coefficient (Wildman–Crippen LogP) is 3.81. The summed E-state index contributed by atoms with van der Waals surface area (Å²) in [6.45, 7) is 10.4. The Morgan fingerprint density at radius 2 is 2.00 bits per heavy atom. The van der Waals surface area contributed by atoms with Gasteiger partial charge in [0.15, 0.2) is 5.65 Å². The largest absolute Gasteiger partial charge is 0.444 e. The van der Waals surface area contributed by atoms with E-state index >= 15 is 0 Å². The van der Waals surface area contributed by atoms with Crippen LogP contribution in [0.15, 0.2) is 12.1 Å². The van der Waals surface area contributed by atoms with E-state index < -0.39 is 5.60 Å². The Morgan fingerprint density at radius 1 is 1.25 bits per heavy atom. The third-order valence-corrected chi connectivity index (χ3v) is 4.22. The lowest BCUT2D eigenvalue weighted by atomic mass is 10.00. The molecule has 1 aliphatic rings. The lowest BCUT2D eigenvalue weighted by Gasteiger charge is -2.35. The van der Waals surface area contributed by atoms with Gasteiger partial charge in [-0.05, 0) is 59.9 Å². The van der Waals surface area contributed by atoms with Gasteiger partial charge in [-0.3, -0.25) is 4.90 Å². The molecule has 1 amide bonds. The highest BCUT2D eigenvalue weighted by Gasteiger charge is 2.33. The molecule has 0 aliphatic carbocycles. The van der Waals surface area contributed by atoms with Crippen molar-refractivity contribution in [1.82, 2.24) is 19.5 Å². The molecular formula is C18H26N4O2. The molecule has 3 heterocycles. The zero-order valence-corrected chi connectivity index (χ0v) is 15.2. The quantitative estimate of drug-likeness (QED) is 0.798. The number of hydrogen-bond acceptors (Lipinski definition) is 4. The summed E-state index contributed by atoms with van der Waals surface area (Å²) in [6.07, 6.45) is 2.73. The van der Waals surface area contributed by atoms with Crippen LogP contribution >= 0.6 is 0 Å². The van der Waals surface area contributed by atoms with Crippen LogP contribution in [0, 0.1) is 13.8 Å². The van der Waals surface area contributed by atoms with Crippen molar-refractivity contribution < 1.29 is 9.53 Å². The lowest BCUT2D eigenvalue weighted by Crippen LogP contribution is -2.42. The number of ether oxygens (including phenoxy) is 1. The Kier molecular flexibility index (Phi) is 4.24. The number of hydrogen-bond donors (Lipinski definition) is 0. The van der Waals surface area contributed by atoms with Crippen LogP contribution in [0.3, 0.4) is 0 Å². The highest BCUT2D eigenvalue weighted by Crippen LogP contribution is 2.32. The first kappa shape index (κ1) is 16.7. The highest BCUT2D eigenvalue weighted by molar-refractivity contribution is 5.69. The summed E-state index contributed by atoms with van der Waals surface area (Å²) in [5.74, 6) is 0. The predicted molar refractivity (Wildman–Crippen MR) is 92.0 cm³/mol. The zero-order valence-electron chi connectivity index (χ0n) is 15.2. The Balaban J connectivity index is 1.93. The molecule has 6 heteroatoms. The van der Waals surface area contributed by atoms with Crippen molar-refractivity contribution >= 4 is 11.7 Å². The highest BCUT2D eigenvalue weighted by atomic mass is 16.6. The summed E-state index contributed by atoms with van der Waals surface area (Å²) >= 11 is 0. The number of amides is 1. The van der Waals surface area contributed by atoms with Crippen LogP contribution in [-0.4, -0.2) is 37.7 Å². The second kappa shape index (κ2) is 6.07. The molecular weight excluding hydrogens is 304 g/mol. The average Bonchev–Trinajstić information content (AvgIpc) is 2.89. The number of nitrogens with zero attached hydrogens (tertiary/aromatic N) is 4. The van der Waals surface area contributed by atoms with Gasteiger partial charge < -0.3 is 4.74 Å². The Morgan fingerprint density at radius 3 is 2.71 bits per heavy atom. The number of aryl methyl sites for hydroxylation is 2. The number of likely N-dealkylation sites (tertiary alicyclic amines) is 1. The molecule has 1 aliphatic heterocycles. The van der Waals surface area contributed by atoms with Crippen LogP contribution in [-0.2, 0) is 4.74 Å². The Bertz CT molecular complexity index is 760. The van der Waals surface area contributed by atoms with E-state index in [-0.39, 0.29) is 12.1 Å². The van der Waals surface area contributed by atoms with Gasteiger partial charge in [0.25, 0.3) is 0 Å². The van der Waals surface area contributed by atoms with Crippen LogP contribution in [0.1, 0.15) is 63.2 Å². The normalized spacial score (nSPS) is 18.9. The maximum absolute atomic E-state index is 12.6. The van der Waals surface area contributed by atoms with Crippen molar-refractivity contribution in [3.8, 4) is 0 Å². The molecule has 1 fully saturated rings. The van der Waals surface area contributed by atoms with E-state index in [0.29, 0.717) is 6.54 Å². The fourth-order valence-corrected chi connectivity index (χ4v) is 3.25. The van der Waals surface area contributed by atoms with E-state index in [1.165, 1.54) is 0 Å². The molecule has 0 saturated carbocycles. The van der Waals surface area contributed by atoms with Crippen LogP contribution in [0.2, 0.25) is 0 Å². The summed E-state index contributed by atoms with van der Waals surface area (Å²) < 4.78 is 7.43. The van der Waals surface area contributed by atoms with Crippen molar-refractivity contribution in [2.24, 2.45) is 0 Å². The Hall–Kier alpha value is -2.11. The van der Waals surface area contributed by atoms with E-state index in [9.17, 15) is 4.79 Å². The second-order valence-corrected chi connectivity index (χ2v) is 7.56. The maximum Gasteiger partial charge on any atom is 0.410 e. The lowest BCUT2D eigenvalue weighted by molar-refractivity contribution is 0.00898. The Labute approximate surface area is 142 Å². The SMILES string of the molecule is Cc1cc(C)n2nc(C3CCCCN3C(=O)OC(C)(C)C)cc2n1. The molecule has 3 rings (SSSR count). The van der Waals surface area contributed by atoms with Crippen molar-refractivity contribution in [2.45, 2.75) is 65.5 Å². The van der Waals surface area contributed by atoms with Gasteiger partial charge >= 0.3 is 6.09 Å². The van der Waals surface area contributed by atoms with E-state index in [1.807, 2.05) is 56.2 Å². The van der Waals surface area contributed by atoms with Crippen LogP contribution < -0.4 is 0 Å². The van der Waals surface area contributed by atoms with Crippen LogP contribution in [0.5, 0.6) is 0 Å². The average molecular weight is 330 g/mol. The molecule has 1 unspecified atom stereocenters. The van der Waals surface area contributed by atoms with Gasteiger partial charge in [0.1, 0.15) is 5.60 Å². The second-order valence-electron chi connectivity index (χ2n) is 7.56. The van der Waals surface area contributed by atoms with Crippen molar-refractivity contribution in [1.29, 1.82) is 0 Å². The number of carbonyl (C=O) groups excluding carboxylic acids is 1. The molecule has 0 radical (unpaired) electrons. The summed E-state index contributed by atoms with van der Waals surface area (Å²) in [5.41, 5.74) is 3.24. The number of carbonyl (C=O) groups is 1. The minimum atomic E-state index is -0.493. The molecule has 0 bridgehead atoms. The number of rotatable bonds is 1. The molecule has 1 saturated heterocycles. The van der Waals surface area contributed by atoms with Gasteiger partial charge in [-0.15, -0.1) is 0 Å². The fourth-order valence-electron chi connectivity index (χ4n) is 3.25. The first-order valence-corrected chi connectivity index (χ1v) is 8.58. The van der Waals surface area contributed by atoms with Gasteiger partial charge in [-0.1, -0.05) is 0 Å². The monoisotopic (exact) mass is 330 g/mol. The zero-order chi connectivity index (χ0) is 17.5. The molecule has 0 aromatic carbocycles. The van der Waals surface area contributed by atoms with E-state index in [4.69, 9.17) is 9.84 Å². The topological polar surface area (TPSA) is 59.7 Å². The number of aromatic nitrogens is 3. The molecule has 130 valence electrons. The first-order valence-electron chi connectivity index (χ1n) is 8.58. The standard InChI is InChI=1S/C18H26N4O2/c1-12-10-13(2)22-16(19-12)11-14(20-22)15-8-6-7-9-21(15)17(23)24-18(3,4)5/h10-11,15H,6-9H2,1-5H3. The third kappa shape index (κ3) is 3.37. The molecule has 0 spiro atoms. The summed E-state index contributed by atoms with van der Waals surface area (Å²) in [7, 11) is 0. The maximum atomic E-state index is 12.6. The summed E-state index contributed by atoms with van der Waals surface area (Å²) in [6, 6.07) is 3.96.